The van der Waals surface area contributed by atoms with Gasteiger partial charge in [0.15, 0.2) is 6.29 Å². The maximum Gasteiger partial charge on any atom is 0.153 e. The summed E-state index contributed by atoms with van der Waals surface area (Å²) in [5.41, 5.74) is 3.56. The topological polar surface area (TPSA) is 55.0 Å². The zero-order valence-corrected chi connectivity index (χ0v) is 11.3. The van der Waals surface area contributed by atoms with Crippen LogP contribution in [0.4, 0.5) is 0 Å². The van der Waals surface area contributed by atoms with Crippen molar-refractivity contribution in [2.24, 2.45) is 0 Å². The first-order valence-corrected chi connectivity index (χ1v) is 6.45. The lowest BCUT2D eigenvalue weighted by atomic mass is 10.1. The molecule has 1 aromatic heterocycles. The molecule has 0 fully saturated rings. The van der Waals surface area contributed by atoms with Crippen LogP contribution in [-0.2, 0) is 12.8 Å². The van der Waals surface area contributed by atoms with Gasteiger partial charge >= 0.3 is 0 Å². The van der Waals surface area contributed by atoms with E-state index >= 15 is 0 Å². The highest BCUT2D eigenvalue weighted by atomic mass is 16.5. The SMILES string of the molecule is CCOc1ccc(CCc2n[nH]c(C)c2C=O)cc1. The summed E-state index contributed by atoms with van der Waals surface area (Å²) in [7, 11) is 0. The van der Waals surface area contributed by atoms with Crippen molar-refractivity contribution in [3.05, 3.63) is 46.8 Å². The van der Waals surface area contributed by atoms with Crippen LogP contribution in [0.2, 0.25) is 0 Å². The van der Waals surface area contributed by atoms with E-state index in [1.54, 1.807) is 0 Å². The first-order valence-electron chi connectivity index (χ1n) is 6.45. The van der Waals surface area contributed by atoms with Gasteiger partial charge in [0.1, 0.15) is 5.75 Å². The fraction of sp³-hybridized carbons (Fsp3) is 0.333. The van der Waals surface area contributed by atoms with Crippen LogP contribution in [0.1, 0.15) is 34.2 Å². The predicted molar refractivity (Wildman–Crippen MR) is 73.7 cm³/mol. The number of aromatic amines is 1. The molecule has 100 valence electrons. The van der Waals surface area contributed by atoms with Crippen LogP contribution in [-0.4, -0.2) is 23.1 Å². The minimum absolute atomic E-state index is 0.675. The molecule has 2 rings (SSSR count). The number of aldehydes is 1. The van der Waals surface area contributed by atoms with Gasteiger partial charge in [-0.2, -0.15) is 5.10 Å². The Morgan fingerprint density at radius 3 is 2.63 bits per heavy atom. The number of aryl methyl sites for hydroxylation is 3. The van der Waals surface area contributed by atoms with Gasteiger partial charge in [-0.05, 0) is 44.4 Å². The maximum atomic E-state index is 11.0. The minimum Gasteiger partial charge on any atom is -0.494 e. The molecule has 0 atom stereocenters. The Labute approximate surface area is 112 Å². The number of benzene rings is 1. The van der Waals surface area contributed by atoms with E-state index in [0.29, 0.717) is 12.2 Å². The Balaban J connectivity index is 2.00. The van der Waals surface area contributed by atoms with E-state index in [4.69, 9.17) is 4.74 Å². The van der Waals surface area contributed by atoms with E-state index in [1.165, 1.54) is 5.56 Å². The standard InChI is InChI=1S/C15H18N2O2/c1-3-19-13-7-4-12(5-8-13)6-9-15-14(10-18)11(2)16-17-15/h4-5,7-8,10H,3,6,9H2,1-2H3,(H,16,17). The van der Waals surface area contributed by atoms with E-state index in [0.717, 1.165) is 36.3 Å². The highest BCUT2D eigenvalue weighted by molar-refractivity contribution is 5.78. The molecule has 0 aliphatic carbocycles. The molecule has 0 saturated heterocycles. The quantitative estimate of drug-likeness (QED) is 0.810. The number of aromatic nitrogens is 2. The average molecular weight is 258 g/mol. The fourth-order valence-corrected chi connectivity index (χ4v) is 2.02. The summed E-state index contributed by atoms with van der Waals surface area (Å²) in [5, 5.41) is 7.02. The fourth-order valence-electron chi connectivity index (χ4n) is 2.02. The summed E-state index contributed by atoms with van der Waals surface area (Å²) in [6.07, 6.45) is 2.48. The Hall–Kier alpha value is -2.10. The predicted octanol–water partition coefficient (Wildman–Crippen LogP) is 2.71. The normalized spacial score (nSPS) is 10.4. The molecule has 1 aromatic carbocycles. The van der Waals surface area contributed by atoms with Crippen LogP contribution in [0.15, 0.2) is 24.3 Å². The van der Waals surface area contributed by atoms with Crippen molar-refractivity contribution in [2.45, 2.75) is 26.7 Å². The van der Waals surface area contributed by atoms with Crippen LogP contribution >= 0.6 is 0 Å². The summed E-state index contributed by atoms with van der Waals surface area (Å²) in [4.78, 5) is 11.0. The third-order valence-electron chi connectivity index (χ3n) is 3.08. The zero-order chi connectivity index (χ0) is 13.7. The molecule has 2 aromatic rings. The number of rotatable bonds is 6. The molecule has 1 N–H and O–H groups in total. The lowest BCUT2D eigenvalue weighted by Crippen LogP contribution is -1.96. The number of ether oxygens (including phenoxy) is 1. The first kappa shape index (κ1) is 13.3. The number of carbonyl (C=O) groups is 1. The molecule has 0 amide bonds. The summed E-state index contributed by atoms with van der Waals surface area (Å²) in [6, 6.07) is 8.03. The molecule has 4 heteroatoms. The van der Waals surface area contributed by atoms with Crippen LogP contribution in [0, 0.1) is 6.92 Å². The van der Waals surface area contributed by atoms with Crippen molar-refractivity contribution < 1.29 is 9.53 Å². The van der Waals surface area contributed by atoms with Crippen molar-refractivity contribution in [3.8, 4) is 5.75 Å². The molecule has 0 saturated carbocycles. The molecular weight excluding hydrogens is 240 g/mol. The van der Waals surface area contributed by atoms with E-state index in [9.17, 15) is 4.79 Å². The third kappa shape index (κ3) is 3.22. The molecule has 19 heavy (non-hydrogen) atoms. The maximum absolute atomic E-state index is 11.0. The van der Waals surface area contributed by atoms with Gasteiger partial charge in [0.25, 0.3) is 0 Å². The minimum atomic E-state index is 0.675. The molecular formula is C15H18N2O2. The van der Waals surface area contributed by atoms with Crippen molar-refractivity contribution >= 4 is 6.29 Å². The highest BCUT2D eigenvalue weighted by Crippen LogP contribution is 2.15. The van der Waals surface area contributed by atoms with E-state index < -0.39 is 0 Å². The molecule has 4 nitrogen and oxygen atoms in total. The van der Waals surface area contributed by atoms with Gasteiger partial charge in [0.05, 0.1) is 17.9 Å². The van der Waals surface area contributed by atoms with Gasteiger partial charge in [-0.25, -0.2) is 0 Å². The van der Waals surface area contributed by atoms with Crippen LogP contribution in [0.5, 0.6) is 5.75 Å². The second-order valence-corrected chi connectivity index (χ2v) is 4.40. The second-order valence-electron chi connectivity index (χ2n) is 4.40. The Kier molecular flexibility index (Phi) is 4.34. The van der Waals surface area contributed by atoms with Gasteiger partial charge in [-0.15, -0.1) is 0 Å². The van der Waals surface area contributed by atoms with Crippen molar-refractivity contribution in [1.29, 1.82) is 0 Å². The van der Waals surface area contributed by atoms with Crippen molar-refractivity contribution in [3.63, 3.8) is 0 Å². The van der Waals surface area contributed by atoms with Gasteiger partial charge in [-0.3, -0.25) is 9.89 Å². The zero-order valence-electron chi connectivity index (χ0n) is 11.3. The number of H-pyrrole nitrogens is 1. The number of hydrogen-bond acceptors (Lipinski definition) is 3. The smallest absolute Gasteiger partial charge is 0.153 e. The molecule has 0 aliphatic heterocycles. The summed E-state index contributed by atoms with van der Waals surface area (Å²) < 4.78 is 5.40. The molecule has 1 heterocycles. The molecule has 0 bridgehead atoms. The number of nitrogens with one attached hydrogen (secondary N) is 1. The second kappa shape index (κ2) is 6.18. The lowest BCUT2D eigenvalue weighted by Gasteiger charge is -2.04. The van der Waals surface area contributed by atoms with Gasteiger partial charge in [-0.1, -0.05) is 12.1 Å². The third-order valence-corrected chi connectivity index (χ3v) is 3.08. The van der Waals surface area contributed by atoms with Gasteiger partial charge in [0.2, 0.25) is 0 Å². The van der Waals surface area contributed by atoms with Gasteiger partial charge in [0, 0.05) is 5.69 Å². The number of hydrogen-bond donors (Lipinski definition) is 1. The number of carbonyl (C=O) groups excluding carboxylic acids is 1. The molecule has 0 aliphatic rings. The molecule has 0 unspecified atom stereocenters. The van der Waals surface area contributed by atoms with E-state index in [2.05, 4.69) is 10.2 Å². The van der Waals surface area contributed by atoms with Crippen LogP contribution in [0.3, 0.4) is 0 Å². The van der Waals surface area contributed by atoms with Crippen molar-refractivity contribution in [1.82, 2.24) is 10.2 Å². The van der Waals surface area contributed by atoms with Gasteiger partial charge < -0.3 is 4.74 Å². The Morgan fingerprint density at radius 1 is 1.26 bits per heavy atom. The van der Waals surface area contributed by atoms with E-state index in [1.807, 2.05) is 38.1 Å². The van der Waals surface area contributed by atoms with Crippen molar-refractivity contribution in [2.75, 3.05) is 6.61 Å². The average Bonchev–Trinajstić information content (AvgIpc) is 2.79. The summed E-state index contributed by atoms with van der Waals surface area (Å²) in [6.45, 7) is 4.50. The van der Waals surface area contributed by atoms with Crippen LogP contribution < -0.4 is 4.74 Å². The Morgan fingerprint density at radius 2 is 2.00 bits per heavy atom. The van der Waals surface area contributed by atoms with Crippen LogP contribution in [0.25, 0.3) is 0 Å². The lowest BCUT2D eigenvalue weighted by molar-refractivity contribution is 0.112. The molecule has 0 radical (unpaired) electrons. The number of nitrogens with zero attached hydrogens (tertiary/aromatic N) is 1. The van der Waals surface area contributed by atoms with E-state index in [-0.39, 0.29) is 0 Å². The monoisotopic (exact) mass is 258 g/mol. The Bertz CT molecular complexity index is 544. The molecule has 0 spiro atoms. The highest BCUT2D eigenvalue weighted by Gasteiger charge is 2.09. The summed E-state index contributed by atoms with van der Waals surface area (Å²) in [5.74, 6) is 0.885. The largest absolute Gasteiger partial charge is 0.494 e. The summed E-state index contributed by atoms with van der Waals surface area (Å²) >= 11 is 0. The first-order chi connectivity index (χ1) is 9.24.